The van der Waals surface area contributed by atoms with E-state index in [1.54, 1.807) is 11.3 Å². The largest absolute Gasteiger partial charge is 0.342 e. The lowest BCUT2D eigenvalue weighted by atomic mass is 10.2. The molecule has 2 aliphatic rings. The maximum absolute atomic E-state index is 12.0. The van der Waals surface area contributed by atoms with Gasteiger partial charge >= 0.3 is 0 Å². The number of rotatable bonds is 1. The molecule has 0 atom stereocenters. The molecule has 0 N–H and O–H groups in total. The van der Waals surface area contributed by atoms with E-state index in [-0.39, 0.29) is 0 Å². The van der Waals surface area contributed by atoms with Crippen LogP contribution in [0.3, 0.4) is 0 Å². The van der Waals surface area contributed by atoms with E-state index in [4.69, 9.17) is 0 Å². The van der Waals surface area contributed by atoms with E-state index in [0.29, 0.717) is 11.8 Å². The third kappa shape index (κ3) is 2.02. The molecule has 1 aliphatic heterocycles. The summed E-state index contributed by atoms with van der Waals surface area (Å²) in [7, 11) is 0. The minimum absolute atomic E-state index is 0.343. The molecule has 2 heterocycles. The Morgan fingerprint density at radius 2 is 2.12 bits per heavy atom. The molecule has 0 spiro atoms. The summed E-state index contributed by atoms with van der Waals surface area (Å²) >= 11 is 5.13. The van der Waals surface area contributed by atoms with Crippen LogP contribution in [-0.4, -0.2) is 28.9 Å². The Balaban J connectivity index is 1.72. The summed E-state index contributed by atoms with van der Waals surface area (Å²) in [4.78, 5) is 19.8. The first-order chi connectivity index (χ1) is 7.74. The number of amides is 1. The molecule has 3 nitrogen and oxygen atoms in total. The lowest BCUT2D eigenvalue weighted by Gasteiger charge is -2.19. The molecule has 0 bridgehead atoms. The third-order valence-corrected chi connectivity index (χ3v) is 4.83. The number of carbonyl (C=O) groups excluding carboxylic acids is 1. The minimum Gasteiger partial charge on any atom is -0.342 e. The molecular weight excluding hydrogens is 288 g/mol. The van der Waals surface area contributed by atoms with Crippen LogP contribution in [0.2, 0.25) is 0 Å². The average molecular weight is 301 g/mol. The van der Waals surface area contributed by atoms with Gasteiger partial charge in [0.05, 0.1) is 5.69 Å². The summed E-state index contributed by atoms with van der Waals surface area (Å²) in [5.74, 6) is 0.713. The van der Waals surface area contributed by atoms with Crippen LogP contribution in [0.25, 0.3) is 0 Å². The molecule has 1 saturated carbocycles. The van der Waals surface area contributed by atoms with Crippen molar-refractivity contribution in [1.82, 2.24) is 9.88 Å². The zero-order chi connectivity index (χ0) is 11.1. The molecule has 1 aromatic rings. The third-order valence-electron chi connectivity index (χ3n) is 3.22. The van der Waals surface area contributed by atoms with Crippen LogP contribution in [-0.2, 0) is 17.6 Å². The van der Waals surface area contributed by atoms with Crippen molar-refractivity contribution < 1.29 is 4.79 Å². The van der Waals surface area contributed by atoms with E-state index in [2.05, 4.69) is 20.9 Å². The highest BCUT2D eigenvalue weighted by Gasteiger charge is 2.34. The Morgan fingerprint density at radius 3 is 2.88 bits per heavy atom. The van der Waals surface area contributed by atoms with E-state index in [0.717, 1.165) is 42.7 Å². The highest BCUT2D eigenvalue weighted by Crippen LogP contribution is 2.32. The topological polar surface area (TPSA) is 33.2 Å². The Labute approximate surface area is 107 Å². The van der Waals surface area contributed by atoms with Crippen LogP contribution in [0.5, 0.6) is 0 Å². The van der Waals surface area contributed by atoms with Crippen LogP contribution in [0, 0.1) is 5.92 Å². The van der Waals surface area contributed by atoms with E-state index >= 15 is 0 Å². The Hall–Kier alpha value is -0.420. The number of aromatic nitrogens is 1. The quantitative estimate of drug-likeness (QED) is 0.797. The van der Waals surface area contributed by atoms with Crippen molar-refractivity contribution in [3.63, 3.8) is 0 Å². The average Bonchev–Trinajstić information content (AvgIpc) is 3.05. The lowest BCUT2D eigenvalue weighted by molar-refractivity contribution is -0.132. The summed E-state index contributed by atoms with van der Waals surface area (Å²) in [6.07, 6.45) is 4.08. The molecule has 0 radical (unpaired) electrons. The van der Waals surface area contributed by atoms with Gasteiger partial charge in [0.1, 0.15) is 0 Å². The zero-order valence-corrected chi connectivity index (χ0v) is 11.3. The number of thiazole rings is 1. The predicted molar refractivity (Wildman–Crippen MR) is 66.5 cm³/mol. The van der Waals surface area contributed by atoms with Crippen molar-refractivity contribution in [3.8, 4) is 0 Å². The van der Waals surface area contributed by atoms with Gasteiger partial charge in [-0.1, -0.05) is 0 Å². The molecule has 0 saturated heterocycles. The highest BCUT2D eigenvalue weighted by atomic mass is 79.9. The first kappa shape index (κ1) is 10.7. The summed E-state index contributed by atoms with van der Waals surface area (Å²) in [5, 5.41) is 0. The van der Waals surface area contributed by atoms with Crippen molar-refractivity contribution in [1.29, 1.82) is 0 Å². The van der Waals surface area contributed by atoms with Crippen LogP contribution < -0.4 is 0 Å². The van der Waals surface area contributed by atoms with Gasteiger partial charge in [-0.25, -0.2) is 4.98 Å². The van der Waals surface area contributed by atoms with Gasteiger partial charge in [-0.15, -0.1) is 11.3 Å². The molecule has 1 fully saturated rings. The molecule has 5 heteroatoms. The fourth-order valence-electron chi connectivity index (χ4n) is 2.14. The van der Waals surface area contributed by atoms with Crippen molar-refractivity contribution in [2.45, 2.75) is 25.7 Å². The first-order valence-electron chi connectivity index (χ1n) is 5.67. The van der Waals surface area contributed by atoms with Gasteiger partial charge in [-0.3, -0.25) is 4.79 Å². The normalized spacial score (nSPS) is 20.4. The smallest absolute Gasteiger partial charge is 0.225 e. The first-order valence-corrected chi connectivity index (χ1v) is 7.28. The summed E-state index contributed by atoms with van der Waals surface area (Å²) in [6, 6.07) is 0. The molecule has 1 aliphatic carbocycles. The molecule has 3 rings (SSSR count). The van der Waals surface area contributed by atoms with Crippen LogP contribution in [0.15, 0.2) is 3.92 Å². The maximum atomic E-state index is 12.0. The number of carbonyl (C=O) groups is 1. The van der Waals surface area contributed by atoms with Gasteiger partial charge < -0.3 is 4.90 Å². The Bertz CT molecular complexity index is 402. The zero-order valence-electron chi connectivity index (χ0n) is 8.91. The van der Waals surface area contributed by atoms with Crippen LogP contribution >= 0.6 is 27.3 Å². The van der Waals surface area contributed by atoms with Crippen molar-refractivity contribution in [2.24, 2.45) is 5.92 Å². The monoisotopic (exact) mass is 300 g/mol. The minimum atomic E-state index is 0.343. The molecule has 1 amide bonds. The van der Waals surface area contributed by atoms with E-state index in [1.165, 1.54) is 10.6 Å². The van der Waals surface area contributed by atoms with E-state index in [1.807, 2.05) is 4.90 Å². The van der Waals surface area contributed by atoms with Crippen LogP contribution in [0.4, 0.5) is 0 Å². The highest BCUT2D eigenvalue weighted by molar-refractivity contribution is 9.11. The molecule has 1 aromatic heterocycles. The summed E-state index contributed by atoms with van der Waals surface area (Å²) in [5.41, 5.74) is 1.18. The van der Waals surface area contributed by atoms with E-state index < -0.39 is 0 Å². The second-order valence-electron chi connectivity index (χ2n) is 4.44. The summed E-state index contributed by atoms with van der Waals surface area (Å²) < 4.78 is 0.972. The second-order valence-corrected chi connectivity index (χ2v) is 6.80. The maximum Gasteiger partial charge on any atom is 0.225 e. The van der Waals surface area contributed by atoms with Crippen molar-refractivity contribution >= 4 is 33.2 Å². The number of halogens is 1. The molecule has 0 unspecified atom stereocenters. The molecule has 86 valence electrons. The lowest BCUT2D eigenvalue weighted by Crippen LogP contribution is -2.34. The van der Waals surface area contributed by atoms with Gasteiger partial charge in [0.2, 0.25) is 5.91 Å². The van der Waals surface area contributed by atoms with E-state index in [9.17, 15) is 4.79 Å². The van der Waals surface area contributed by atoms with Crippen molar-refractivity contribution in [3.05, 3.63) is 14.5 Å². The molecule has 0 aromatic carbocycles. The number of hydrogen-bond donors (Lipinski definition) is 0. The van der Waals surface area contributed by atoms with Gasteiger partial charge in [0, 0.05) is 36.7 Å². The van der Waals surface area contributed by atoms with Gasteiger partial charge in [-0.2, -0.15) is 0 Å². The van der Waals surface area contributed by atoms with Crippen LogP contribution in [0.1, 0.15) is 23.4 Å². The number of fused-ring (bicyclic) bond motifs is 1. The number of hydrogen-bond acceptors (Lipinski definition) is 3. The van der Waals surface area contributed by atoms with Crippen molar-refractivity contribution in [2.75, 3.05) is 13.1 Å². The second kappa shape index (κ2) is 4.11. The fourth-order valence-corrected chi connectivity index (χ4v) is 3.76. The van der Waals surface area contributed by atoms with Gasteiger partial charge in [-0.05, 0) is 28.8 Å². The molecular formula is C11H13BrN2OS. The summed E-state index contributed by atoms with van der Waals surface area (Å²) in [6.45, 7) is 1.72. The van der Waals surface area contributed by atoms with Gasteiger partial charge in [0.15, 0.2) is 3.92 Å². The Morgan fingerprint density at radius 1 is 1.38 bits per heavy atom. The number of nitrogens with zero attached hydrogens (tertiary/aromatic N) is 2. The Kier molecular flexibility index (Phi) is 2.75. The fraction of sp³-hybridized carbons (Fsp3) is 0.636. The molecule has 16 heavy (non-hydrogen) atoms. The predicted octanol–water partition coefficient (Wildman–Crippen LogP) is 2.24. The van der Waals surface area contributed by atoms with Gasteiger partial charge in [0.25, 0.3) is 0 Å². The standard InChI is InChI=1S/C11H13BrN2OS/c12-11-13-8-3-5-14(6-4-9(8)16-11)10(15)7-1-2-7/h7H,1-6H2. The SMILES string of the molecule is O=C(C1CC1)N1CCc2nc(Br)sc2CC1.